The number of ketones is 1. The predicted octanol–water partition coefficient (Wildman–Crippen LogP) is 3.56. The van der Waals surface area contributed by atoms with E-state index >= 15 is 0 Å². The minimum absolute atomic E-state index is 0.246. The summed E-state index contributed by atoms with van der Waals surface area (Å²) >= 11 is 6.24. The van der Waals surface area contributed by atoms with Crippen LogP contribution in [0.25, 0.3) is 0 Å². The number of hydrogen-bond donors (Lipinski definition) is 0. The van der Waals surface area contributed by atoms with Crippen molar-refractivity contribution in [2.24, 2.45) is 5.92 Å². The Balaban J connectivity index is 2.10. The summed E-state index contributed by atoms with van der Waals surface area (Å²) in [6.07, 6.45) is 6.20. The summed E-state index contributed by atoms with van der Waals surface area (Å²) in [4.78, 5) is 12.3. The zero-order valence-corrected chi connectivity index (χ0v) is 12.0. The summed E-state index contributed by atoms with van der Waals surface area (Å²) in [6.45, 7) is 4.68. The molecule has 0 spiro atoms. The molecule has 0 saturated heterocycles. The molecule has 18 heavy (non-hydrogen) atoms. The molecule has 1 fully saturated rings. The van der Waals surface area contributed by atoms with E-state index in [1.54, 1.807) is 0 Å². The van der Waals surface area contributed by atoms with Crippen molar-refractivity contribution in [2.45, 2.75) is 58.9 Å². The van der Waals surface area contributed by atoms with E-state index in [2.05, 4.69) is 5.10 Å². The van der Waals surface area contributed by atoms with Gasteiger partial charge in [0, 0.05) is 12.5 Å². The van der Waals surface area contributed by atoms with Crippen molar-refractivity contribution in [3.8, 4) is 0 Å². The first kappa shape index (κ1) is 13.6. The Labute approximate surface area is 114 Å². The molecule has 0 bridgehead atoms. The van der Waals surface area contributed by atoms with E-state index in [-0.39, 0.29) is 5.92 Å². The van der Waals surface area contributed by atoms with Gasteiger partial charge >= 0.3 is 0 Å². The lowest BCUT2D eigenvalue weighted by Gasteiger charge is -2.20. The van der Waals surface area contributed by atoms with E-state index < -0.39 is 0 Å². The summed E-state index contributed by atoms with van der Waals surface area (Å²) in [5.41, 5.74) is 1.72. The molecule has 1 heterocycles. The zero-order valence-electron chi connectivity index (χ0n) is 11.2. The number of aryl methyl sites for hydroxylation is 2. The molecule has 0 N–H and O–H groups in total. The van der Waals surface area contributed by atoms with E-state index in [1.165, 1.54) is 19.3 Å². The van der Waals surface area contributed by atoms with Crippen LogP contribution in [0.15, 0.2) is 0 Å². The molecule has 1 aromatic rings. The lowest BCUT2D eigenvalue weighted by molar-refractivity contribution is -0.123. The Morgan fingerprint density at radius 2 is 2.06 bits per heavy atom. The fourth-order valence-corrected chi connectivity index (χ4v) is 2.97. The fraction of sp³-hybridized carbons (Fsp3) is 0.714. The monoisotopic (exact) mass is 268 g/mol. The van der Waals surface area contributed by atoms with E-state index in [9.17, 15) is 4.79 Å². The average Bonchev–Trinajstić information content (AvgIpc) is 2.67. The summed E-state index contributed by atoms with van der Waals surface area (Å²) < 4.78 is 1.86. The molecule has 1 aliphatic rings. The third-order valence-electron chi connectivity index (χ3n) is 3.86. The Kier molecular flexibility index (Phi) is 4.44. The second-order valence-corrected chi connectivity index (χ2v) is 5.52. The number of carbonyl (C=O) groups excluding carboxylic acids is 1. The van der Waals surface area contributed by atoms with Gasteiger partial charge in [0.25, 0.3) is 0 Å². The van der Waals surface area contributed by atoms with Crippen molar-refractivity contribution in [3.63, 3.8) is 0 Å². The number of rotatable bonds is 4. The first-order valence-electron chi connectivity index (χ1n) is 6.88. The van der Waals surface area contributed by atoms with E-state index in [0.29, 0.717) is 17.2 Å². The van der Waals surface area contributed by atoms with Gasteiger partial charge in [0.05, 0.1) is 22.8 Å². The molecule has 0 radical (unpaired) electrons. The van der Waals surface area contributed by atoms with Crippen molar-refractivity contribution in [1.82, 2.24) is 9.78 Å². The van der Waals surface area contributed by atoms with Crippen LogP contribution in [0.2, 0.25) is 5.02 Å². The fourth-order valence-electron chi connectivity index (χ4n) is 2.77. The maximum absolute atomic E-state index is 12.3. The molecule has 0 unspecified atom stereocenters. The van der Waals surface area contributed by atoms with Gasteiger partial charge in [-0.05, 0) is 26.7 Å². The van der Waals surface area contributed by atoms with Crippen molar-refractivity contribution in [3.05, 3.63) is 16.4 Å². The standard InChI is InChI=1S/C14H21ClN2O/c1-3-17-12(14(15)10(2)16-17)9-13(18)11-7-5-4-6-8-11/h11H,3-9H2,1-2H3. The predicted molar refractivity (Wildman–Crippen MR) is 72.9 cm³/mol. The van der Waals surface area contributed by atoms with Crippen molar-refractivity contribution >= 4 is 17.4 Å². The lowest BCUT2D eigenvalue weighted by atomic mass is 9.85. The van der Waals surface area contributed by atoms with Gasteiger partial charge in [0.2, 0.25) is 0 Å². The number of halogens is 1. The maximum Gasteiger partial charge on any atom is 0.141 e. The van der Waals surface area contributed by atoms with Crippen LogP contribution in [-0.2, 0) is 17.8 Å². The quantitative estimate of drug-likeness (QED) is 0.837. The molecular formula is C14H21ClN2O. The summed E-state index contributed by atoms with van der Waals surface area (Å²) in [5.74, 6) is 0.585. The van der Waals surface area contributed by atoms with Gasteiger partial charge in [-0.3, -0.25) is 9.48 Å². The number of aromatic nitrogens is 2. The molecular weight excluding hydrogens is 248 g/mol. The van der Waals surface area contributed by atoms with Crippen LogP contribution in [0.3, 0.4) is 0 Å². The molecule has 0 amide bonds. The van der Waals surface area contributed by atoms with E-state index in [0.717, 1.165) is 30.8 Å². The largest absolute Gasteiger partial charge is 0.299 e. The Hall–Kier alpha value is -0.830. The average molecular weight is 269 g/mol. The second-order valence-electron chi connectivity index (χ2n) is 5.14. The second kappa shape index (κ2) is 5.87. The van der Waals surface area contributed by atoms with Crippen LogP contribution in [-0.4, -0.2) is 15.6 Å². The summed E-state index contributed by atoms with van der Waals surface area (Å²) in [6, 6.07) is 0. The van der Waals surface area contributed by atoms with Gasteiger partial charge in [-0.15, -0.1) is 0 Å². The van der Waals surface area contributed by atoms with Crippen molar-refractivity contribution in [2.75, 3.05) is 0 Å². The molecule has 4 heteroatoms. The highest BCUT2D eigenvalue weighted by Crippen LogP contribution is 2.27. The van der Waals surface area contributed by atoms with Crippen LogP contribution in [0.4, 0.5) is 0 Å². The Bertz CT molecular complexity index is 433. The molecule has 2 rings (SSSR count). The van der Waals surface area contributed by atoms with Gasteiger partial charge in [-0.25, -0.2) is 0 Å². The maximum atomic E-state index is 12.3. The van der Waals surface area contributed by atoms with E-state index in [1.807, 2.05) is 18.5 Å². The SMILES string of the molecule is CCn1nc(C)c(Cl)c1CC(=O)C1CCCCC1. The molecule has 100 valence electrons. The first-order valence-corrected chi connectivity index (χ1v) is 7.25. The Morgan fingerprint density at radius 1 is 1.39 bits per heavy atom. The zero-order chi connectivity index (χ0) is 13.1. The molecule has 1 aliphatic carbocycles. The number of hydrogen-bond acceptors (Lipinski definition) is 2. The van der Waals surface area contributed by atoms with E-state index in [4.69, 9.17) is 11.6 Å². The highest BCUT2D eigenvalue weighted by atomic mass is 35.5. The van der Waals surface area contributed by atoms with Crippen LogP contribution < -0.4 is 0 Å². The van der Waals surface area contributed by atoms with Gasteiger partial charge < -0.3 is 0 Å². The Morgan fingerprint density at radius 3 is 2.67 bits per heavy atom. The highest BCUT2D eigenvalue weighted by molar-refractivity contribution is 6.32. The lowest BCUT2D eigenvalue weighted by Crippen LogP contribution is -2.21. The minimum atomic E-state index is 0.246. The number of carbonyl (C=O) groups is 1. The number of nitrogens with zero attached hydrogens (tertiary/aromatic N) is 2. The van der Waals surface area contributed by atoms with Crippen LogP contribution in [0.5, 0.6) is 0 Å². The van der Waals surface area contributed by atoms with Crippen molar-refractivity contribution < 1.29 is 4.79 Å². The van der Waals surface area contributed by atoms with Gasteiger partial charge in [0.15, 0.2) is 0 Å². The molecule has 0 aromatic carbocycles. The first-order chi connectivity index (χ1) is 8.63. The minimum Gasteiger partial charge on any atom is -0.299 e. The third kappa shape index (κ3) is 2.77. The van der Waals surface area contributed by atoms with Crippen molar-refractivity contribution in [1.29, 1.82) is 0 Å². The molecule has 0 aliphatic heterocycles. The van der Waals surface area contributed by atoms with Crippen LogP contribution in [0.1, 0.15) is 50.4 Å². The number of Topliss-reactive ketones (excluding diaryl/α,β-unsaturated/α-hetero) is 1. The van der Waals surface area contributed by atoms with Gasteiger partial charge in [-0.1, -0.05) is 30.9 Å². The summed E-state index contributed by atoms with van der Waals surface area (Å²) in [5, 5.41) is 5.03. The molecule has 3 nitrogen and oxygen atoms in total. The highest BCUT2D eigenvalue weighted by Gasteiger charge is 2.24. The molecule has 0 atom stereocenters. The van der Waals surface area contributed by atoms with Gasteiger partial charge in [0.1, 0.15) is 5.78 Å². The van der Waals surface area contributed by atoms with Crippen LogP contribution >= 0.6 is 11.6 Å². The topological polar surface area (TPSA) is 34.9 Å². The van der Waals surface area contributed by atoms with Crippen LogP contribution in [0, 0.1) is 12.8 Å². The normalized spacial score (nSPS) is 17.1. The molecule has 1 aromatic heterocycles. The smallest absolute Gasteiger partial charge is 0.141 e. The third-order valence-corrected chi connectivity index (χ3v) is 4.35. The molecule has 1 saturated carbocycles. The summed E-state index contributed by atoms with van der Waals surface area (Å²) in [7, 11) is 0. The van der Waals surface area contributed by atoms with Gasteiger partial charge in [-0.2, -0.15) is 5.10 Å².